The maximum absolute atomic E-state index is 12.1. The topological polar surface area (TPSA) is 35.5 Å². The fourth-order valence-corrected chi connectivity index (χ4v) is 4.42. The Morgan fingerprint density at radius 3 is 1.96 bits per heavy atom. The Morgan fingerprint density at radius 1 is 1.04 bits per heavy atom. The van der Waals surface area contributed by atoms with Gasteiger partial charge < -0.3 is 9.39 Å². The van der Waals surface area contributed by atoms with Crippen molar-refractivity contribution in [1.29, 1.82) is 0 Å². The summed E-state index contributed by atoms with van der Waals surface area (Å²) in [6.45, 7) is 5.95. The van der Waals surface area contributed by atoms with E-state index < -0.39 is 0 Å². The molecule has 3 nitrogen and oxygen atoms in total. The second-order valence-electron chi connectivity index (χ2n) is 7.40. The van der Waals surface area contributed by atoms with Gasteiger partial charge in [0.2, 0.25) is 0 Å². The molecule has 2 rings (SSSR count). The van der Waals surface area contributed by atoms with E-state index in [1.54, 1.807) is 6.08 Å². The zero-order chi connectivity index (χ0) is 17.4. The first-order valence-electron chi connectivity index (χ1n) is 9.73. The molecule has 0 aliphatic heterocycles. The van der Waals surface area contributed by atoms with E-state index in [0.29, 0.717) is 23.6 Å². The molecule has 2 saturated carbocycles. The Hall–Kier alpha value is -1.19. The third-order valence-corrected chi connectivity index (χ3v) is 5.75. The fraction of sp³-hybridized carbons (Fsp3) is 0.750. The first-order valence-corrected chi connectivity index (χ1v) is 9.73. The summed E-state index contributed by atoms with van der Waals surface area (Å²) in [4.78, 5) is 12.1. The molecule has 0 amide bonds. The summed E-state index contributed by atoms with van der Waals surface area (Å²) in [6, 6.07) is 0. The van der Waals surface area contributed by atoms with E-state index in [1.165, 1.54) is 71.3 Å². The van der Waals surface area contributed by atoms with Gasteiger partial charge in [0.15, 0.2) is 0 Å². The normalized spacial score (nSPS) is 20.9. The van der Waals surface area contributed by atoms with Gasteiger partial charge in [-0.1, -0.05) is 70.3 Å². The Bertz CT molecular complexity index is 428. The molecular formula is C20H33BO3. The lowest BCUT2D eigenvalue weighted by Gasteiger charge is -2.35. The molecule has 24 heavy (non-hydrogen) atoms. The number of esters is 1. The van der Waals surface area contributed by atoms with Crippen LogP contribution in [-0.4, -0.2) is 20.0 Å². The summed E-state index contributed by atoms with van der Waals surface area (Å²) in [5.41, 5.74) is 0.615. The predicted octanol–water partition coefficient (Wildman–Crippen LogP) is 5.69. The highest BCUT2D eigenvalue weighted by Gasteiger charge is 2.38. The molecule has 0 spiro atoms. The smallest absolute Gasteiger partial charge is 0.363 e. The molecule has 2 fully saturated rings. The third kappa shape index (κ3) is 5.16. The number of allylic oxidation sites excluding steroid dienone is 2. The highest BCUT2D eigenvalue weighted by molar-refractivity contribution is 6.55. The zero-order valence-corrected chi connectivity index (χ0v) is 15.5. The van der Waals surface area contributed by atoms with Gasteiger partial charge in [-0.15, -0.1) is 6.58 Å². The standard InChI is InChI=1S/C20H33BO3/c1-4-11-19(20(22)23-3)16(2)24-21(17-12-7-5-8-13-17)18-14-9-6-10-15-18/h4,17-18H,1,5-15H2,2-3H3/b19-16-. The molecule has 0 N–H and O–H groups in total. The number of ether oxygens (including phenoxy) is 1. The van der Waals surface area contributed by atoms with Crippen molar-refractivity contribution in [3.05, 3.63) is 24.0 Å². The molecular weight excluding hydrogens is 299 g/mol. The van der Waals surface area contributed by atoms with Crippen molar-refractivity contribution in [2.24, 2.45) is 0 Å². The van der Waals surface area contributed by atoms with E-state index in [1.807, 2.05) is 6.92 Å². The molecule has 2 aliphatic carbocycles. The number of carbonyl (C=O) groups excluding carboxylic acids is 1. The van der Waals surface area contributed by atoms with Crippen molar-refractivity contribution >= 4 is 12.9 Å². The predicted molar refractivity (Wildman–Crippen MR) is 100 cm³/mol. The first-order chi connectivity index (χ1) is 11.7. The lowest BCUT2D eigenvalue weighted by atomic mass is 9.41. The molecule has 0 aromatic heterocycles. The fourth-order valence-electron chi connectivity index (χ4n) is 4.42. The van der Waals surface area contributed by atoms with Crippen LogP contribution >= 0.6 is 0 Å². The average molecular weight is 332 g/mol. The summed E-state index contributed by atoms with van der Waals surface area (Å²) in [6.07, 6.45) is 15.3. The van der Waals surface area contributed by atoms with E-state index in [9.17, 15) is 4.79 Å². The van der Waals surface area contributed by atoms with Crippen molar-refractivity contribution in [1.82, 2.24) is 0 Å². The van der Waals surface area contributed by atoms with Gasteiger partial charge >= 0.3 is 12.9 Å². The van der Waals surface area contributed by atoms with Gasteiger partial charge in [-0.25, -0.2) is 4.79 Å². The van der Waals surface area contributed by atoms with E-state index in [4.69, 9.17) is 9.39 Å². The minimum atomic E-state index is -0.293. The van der Waals surface area contributed by atoms with Crippen LogP contribution in [0.2, 0.25) is 11.6 Å². The van der Waals surface area contributed by atoms with Gasteiger partial charge in [-0.3, -0.25) is 0 Å². The molecule has 134 valence electrons. The minimum absolute atomic E-state index is 0.259. The second-order valence-corrected chi connectivity index (χ2v) is 7.40. The Kier molecular flexibility index (Phi) is 7.94. The SMILES string of the molecule is C=CC/C(C(=O)OC)=C(\C)OB(C1CCCCC1)C1CCCCC1. The molecule has 0 atom stereocenters. The number of methoxy groups -OCH3 is 1. The van der Waals surface area contributed by atoms with E-state index >= 15 is 0 Å². The van der Waals surface area contributed by atoms with Crippen molar-refractivity contribution in [2.75, 3.05) is 7.11 Å². The van der Waals surface area contributed by atoms with Crippen LogP contribution in [0, 0.1) is 0 Å². The van der Waals surface area contributed by atoms with Crippen LogP contribution in [0.15, 0.2) is 24.0 Å². The van der Waals surface area contributed by atoms with Gasteiger partial charge in [-0.2, -0.15) is 0 Å². The summed E-state index contributed by atoms with van der Waals surface area (Å²) < 4.78 is 11.4. The monoisotopic (exact) mass is 332 g/mol. The number of rotatable bonds is 7. The lowest BCUT2D eigenvalue weighted by Crippen LogP contribution is -2.33. The van der Waals surface area contributed by atoms with E-state index in [-0.39, 0.29) is 12.9 Å². The summed E-state index contributed by atoms with van der Waals surface area (Å²) in [5.74, 6) is 1.72. The maximum atomic E-state index is 12.1. The van der Waals surface area contributed by atoms with Crippen molar-refractivity contribution in [3.63, 3.8) is 0 Å². The lowest BCUT2D eigenvalue weighted by molar-refractivity contribution is -0.136. The summed E-state index contributed by atoms with van der Waals surface area (Å²) in [5, 5.41) is 0. The number of hydrogen-bond donors (Lipinski definition) is 0. The Labute approximate surface area is 148 Å². The van der Waals surface area contributed by atoms with Crippen LogP contribution in [0.1, 0.15) is 77.6 Å². The Morgan fingerprint density at radius 2 is 1.54 bits per heavy atom. The number of carbonyl (C=O) groups is 1. The molecule has 0 radical (unpaired) electrons. The Balaban J connectivity index is 2.18. The van der Waals surface area contributed by atoms with Crippen LogP contribution in [0.25, 0.3) is 0 Å². The largest absolute Gasteiger partial charge is 0.563 e. The molecule has 0 saturated heterocycles. The first kappa shape index (κ1) is 19.1. The van der Waals surface area contributed by atoms with Crippen LogP contribution in [0.4, 0.5) is 0 Å². The van der Waals surface area contributed by atoms with Gasteiger partial charge in [-0.05, 0) is 18.6 Å². The van der Waals surface area contributed by atoms with E-state index in [2.05, 4.69) is 6.58 Å². The van der Waals surface area contributed by atoms with Crippen molar-refractivity contribution in [2.45, 2.75) is 89.2 Å². The molecule has 0 aromatic rings. The molecule has 2 aliphatic rings. The van der Waals surface area contributed by atoms with Crippen LogP contribution in [0.3, 0.4) is 0 Å². The molecule has 0 bridgehead atoms. The van der Waals surface area contributed by atoms with Crippen LogP contribution in [0.5, 0.6) is 0 Å². The highest BCUT2D eigenvalue weighted by atomic mass is 16.5. The number of hydrogen-bond acceptors (Lipinski definition) is 3. The molecule has 0 heterocycles. The quantitative estimate of drug-likeness (QED) is 0.198. The van der Waals surface area contributed by atoms with Gasteiger partial charge in [0.25, 0.3) is 0 Å². The highest BCUT2D eigenvalue weighted by Crippen LogP contribution is 2.42. The van der Waals surface area contributed by atoms with Crippen molar-refractivity contribution < 1.29 is 14.2 Å². The third-order valence-electron chi connectivity index (χ3n) is 5.75. The van der Waals surface area contributed by atoms with E-state index in [0.717, 1.165) is 5.76 Å². The maximum Gasteiger partial charge on any atom is 0.363 e. The van der Waals surface area contributed by atoms with Crippen LogP contribution in [-0.2, 0) is 14.2 Å². The molecule has 4 heteroatoms. The van der Waals surface area contributed by atoms with Gasteiger partial charge in [0.05, 0.1) is 18.4 Å². The van der Waals surface area contributed by atoms with Crippen molar-refractivity contribution in [3.8, 4) is 0 Å². The van der Waals surface area contributed by atoms with Gasteiger partial charge in [0, 0.05) is 6.42 Å². The van der Waals surface area contributed by atoms with Gasteiger partial charge in [0.1, 0.15) is 0 Å². The summed E-state index contributed by atoms with van der Waals surface area (Å²) in [7, 11) is 1.43. The molecule has 0 aromatic carbocycles. The average Bonchev–Trinajstić information content (AvgIpc) is 2.64. The molecule has 0 unspecified atom stereocenters. The summed E-state index contributed by atoms with van der Waals surface area (Å²) >= 11 is 0. The zero-order valence-electron chi connectivity index (χ0n) is 15.5. The minimum Gasteiger partial charge on any atom is -0.563 e. The second kappa shape index (κ2) is 9.95. The van der Waals surface area contributed by atoms with Crippen LogP contribution < -0.4 is 0 Å².